The Morgan fingerprint density at radius 3 is 2.78 bits per heavy atom. The first-order valence-electron chi connectivity index (χ1n) is 9.83. The fourth-order valence-corrected chi connectivity index (χ4v) is 4.42. The predicted octanol–water partition coefficient (Wildman–Crippen LogP) is 1.31. The Morgan fingerprint density at radius 1 is 1.33 bits per heavy atom. The second-order valence-electron chi connectivity index (χ2n) is 7.84. The summed E-state index contributed by atoms with van der Waals surface area (Å²) in [7, 11) is 4.10. The van der Waals surface area contributed by atoms with Gasteiger partial charge in [-0.05, 0) is 56.8 Å². The minimum Gasteiger partial charge on any atom is -0.335 e. The van der Waals surface area contributed by atoms with Crippen molar-refractivity contribution < 1.29 is 4.79 Å². The molecule has 1 unspecified atom stereocenters. The zero-order chi connectivity index (χ0) is 19.0. The summed E-state index contributed by atoms with van der Waals surface area (Å²) in [5.41, 5.74) is 0.136. The van der Waals surface area contributed by atoms with Gasteiger partial charge in [0.15, 0.2) is 5.82 Å². The Morgan fingerprint density at radius 2 is 2.11 bits per heavy atom. The van der Waals surface area contributed by atoms with Crippen molar-refractivity contribution in [2.75, 3.05) is 27.2 Å². The van der Waals surface area contributed by atoms with E-state index < -0.39 is 0 Å². The molecule has 1 amide bonds. The molecule has 2 aromatic rings. The molecule has 0 radical (unpaired) electrons. The highest BCUT2D eigenvalue weighted by molar-refractivity contribution is 5.92. The molecule has 0 N–H and O–H groups in total. The van der Waals surface area contributed by atoms with E-state index in [-0.39, 0.29) is 11.4 Å². The lowest BCUT2D eigenvalue weighted by molar-refractivity contribution is 0.0731. The molecular weight excluding hydrogens is 344 g/mol. The van der Waals surface area contributed by atoms with Crippen LogP contribution in [-0.2, 0) is 12.1 Å². The van der Waals surface area contributed by atoms with E-state index >= 15 is 0 Å². The number of amides is 1. The normalized spacial score (nSPS) is 23.6. The Labute approximate surface area is 159 Å². The summed E-state index contributed by atoms with van der Waals surface area (Å²) in [5.74, 6) is 0.861. The van der Waals surface area contributed by atoms with Gasteiger partial charge in [0, 0.05) is 25.8 Å². The maximum absolute atomic E-state index is 13.0. The van der Waals surface area contributed by atoms with Gasteiger partial charge in [-0.1, -0.05) is 12.8 Å². The second kappa shape index (κ2) is 7.03. The molecule has 2 fully saturated rings. The number of aromatic nitrogens is 6. The molecule has 2 aliphatic rings. The molecule has 27 heavy (non-hydrogen) atoms. The van der Waals surface area contributed by atoms with E-state index in [2.05, 4.69) is 25.5 Å². The number of carbonyl (C=O) groups is 1. The van der Waals surface area contributed by atoms with Crippen LogP contribution in [0.5, 0.6) is 0 Å². The number of nitrogens with zero attached hydrogens (tertiary/aromatic N) is 8. The van der Waals surface area contributed by atoms with Crippen LogP contribution in [0, 0.1) is 0 Å². The Balaban J connectivity index is 1.61. The van der Waals surface area contributed by atoms with Crippen LogP contribution < -0.4 is 0 Å². The van der Waals surface area contributed by atoms with Crippen LogP contribution in [0.4, 0.5) is 0 Å². The molecule has 2 aromatic heterocycles. The minimum absolute atomic E-state index is 0.0224. The van der Waals surface area contributed by atoms with Crippen molar-refractivity contribution >= 4 is 5.91 Å². The smallest absolute Gasteiger partial charge is 0.274 e. The molecule has 0 bridgehead atoms. The third-order valence-electron chi connectivity index (χ3n) is 6.15. The standard InChI is InChI=1S/C18H28N8O/c1-4-25-11-9-15(20-25)16(27)24-12-10-18(13-24,23(2)3)17-19-21-22-26(17)14-7-5-6-8-14/h9,11,14H,4-8,10,12-13H2,1-3H3. The summed E-state index contributed by atoms with van der Waals surface area (Å²) in [6, 6.07) is 2.17. The molecule has 1 saturated carbocycles. The summed E-state index contributed by atoms with van der Waals surface area (Å²) in [5, 5.41) is 17.1. The van der Waals surface area contributed by atoms with Crippen LogP contribution in [-0.4, -0.2) is 72.9 Å². The topological polar surface area (TPSA) is 85.0 Å². The number of tetrazole rings is 1. The predicted molar refractivity (Wildman–Crippen MR) is 99.1 cm³/mol. The maximum Gasteiger partial charge on any atom is 0.274 e. The largest absolute Gasteiger partial charge is 0.335 e. The molecule has 3 heterocycles. The Kier molecular flexibility index (Phi) is 4.71. The van der Waals surface area contributed by atoms with Crippen LogP contribution in [0.2, 0.25) is 0 Å². The van der Waals surface area contributed by atoms with Crippen molar-refractivity contribution in [3.63, 3.8) is 0 Å². The zero-order valence-corrected chi connectivity index (χ0v) is 16.4. The third kappa shape index (κ3) is 3.03. The molecule has 146 valence electrons. The molecule has 0 spiro atoms. The number of rotatable bonds is 5. The van der Waals surface area contributed by atoms with Crippen molar-refractivity contribution in [2.24, 2.45) is 0 Å². The number of carbonyl (C=O) groups excluding carboxylic acids is 1. The van der Waals surface area contributed by atoms with Crippen LogP contribution >= 0.6 is 0 Å². The number of hydrogen-bond donors (Lipinski definition) is 0. The molecule has 1 aliphatic carbocycles. The molecule has 0 aromatic carbocycles. The van der Waals surface area contributed by atoms with Gasteiger partial charge in [-0.15, -0.1) is 5.10 Å². The molecule has 9 nitrogen and oxygen atoms in total. The lowest BCUT2D eigenvalue weighted by Gasteiger charge is -2.35. The highest BCUT2D eigenvalue weighted by atomic mass is 16.2. The molecule has 9 heteroatoms. The van der Waals surface area contributed by atoms with Gasteiger partial charge in [0.25, 0.3) is 5.91 Å². The maximum atomic E-state index is 13.0. The highest BCUT2D eigenvalue weighted by Gasteiger charge is 2.48. The van der Waals surface area contributed by atoms with Crippen molar-refractivity contribution in [1.82, 2.24) is 39.8 Å². The van der Waals surface area contributed by atoms with Crippen LogP contribution in [0.1, 0.15) is 61.4 Å². The van der Waals surface area contributed by atoms with E-state index in [0.717, 1.165) is 31.6 Å². The second-order valence-corrected chi connectivity index (χ2v) is 7.84. The average Bonchev–Trinajstić information content (AvgIpc) is 3.47. The van der Waals surface area contributed by atoms with E-state index in [1.54, 1.807) is 10.7 Å². The van der Waals surface area contributed by atoms with Gasteiger partial charge in [-0.25, -0.2) is 4.68 Å². The van der Waals surface area contributed by atoms with Gasteiger partial charge in [-0.2, -0.15) is 5.10 Å². The lowest BCUT2D eigenvalue weighted by Crippen LogP contribution is -2.47. The van der Waals surface area contributed by atoms with Crippen LogP contribution in [0.3, 0.4) is 0 Å². The van der Waals surface area contributed by atoms with Crippen molar-refractivity contribution in [3.8, 4) is 0 Å². The number of likely N-dealkylation sites (tertiary alicyclic amines) is 1. The molecule has 4 rings (SSSR count). The van der Waals surface area contributed by atoms with Gasteiger partial charge in [-0.3, -0.25) is 14.4 Å². The highest BCUT2D eigenvalue weighted by Crippen LogP contribution is 2.38. The monoisotopic (exact) mass is 372 g/mol. The Hall–Kier alpha value is -2.29. The summed E-state index contributed by atoms with van der Waals surface area (Å²) < 4.78 is 3.80. The zero-order valence-electron chi connectivity index (χ0n) is 16.4. The molecule has 1 aliphatic heterocycles. The van der Waals surface area contributed by atoms with Crippen molar-refractivity contribution in [2.45, 2.75) is 57.2 Å². The van der Waals surface area contributed by atoms with Gasteiger partial charge in [0.05, 0.1) is 6.04 Å². The first-order valence-corrected chi connectivity index (χ1v) is 9.83. The van der Waals surface area contributed by atoms with Crippen molar-refractivity contribution in [1.29, 1.82) is 0 Å². The third-order valence-corrected chi connectivity index (χ3v) is 6.15. The quantitative estimate of drug-likeness (QED) is 0.787. The summed E-state index contributed by atoms with van der Waals surface area (Å²) in [4.78, 5) is 17.0. The van der Waals surface area contributed by atoms with Crippen molar-refractivity contribution in [3.05, 3.63) is 23.8 Å². The van der Waals surface area contributed by atoms with Gasteiger partial charge < -0.3 is 4.90 Å². The first kappa shape index (κ1) is 18.1. The van der Waals surface area contributed by atoms with Gasteiger partial charge >= 0.3 is 0 Å². The molecular formula is C18H28N8O. The summed E-state index contributed by atoms with van der Waals surface area (Å²) >= 11 is 0. The lowest BCUT2D eigenvalue weighted by atomic mass is 9.95. The van der Waals surface area contributed by atoms with Gasteiger partial charge in [0.2, 0.25) is 0 Å². The number of likely N-dealkylation sites (N-methyl/N-ethyl adjacent to an activating group) is 1. The van der Waals surface area contributed by atoms with E-state index in [4.69, 9.17) is 0 Å². The number of aryl methyl sites for hydroxylation is 1. The molecule has 1 saturated heterocycles. The van der Waals surface area contributed by atoms with Crippen LogP contribution in [0.15, 0.2) is 12.3 Å². The van der Waals surface area contributed by atoms with E-state index in [9.17, 15) is 4.79 Å². The average molecular weight is 372 g/mol. The van der Waals surface area contributed by atoms with E-state index in [1.807, 2.05) is 36.8 Å². The SMILES string of the molecule is CCn1ccc(C(=O)N2CCC(c3nnnn3C3CCCC3)(N(C)C)C2)n1. The van der Waals surface area contributed by atoms with E-state index in [1.165, 1.54) is 12.8 Å². The summed E-state index contributed by atoms with van der Waals surface area (Å²) in [6.07, 6.45) is 7.36. The molecule has 1 atom stereocenters. The first-order chi connectivity index (χ1) is 13.0. The van der Waals surface area contributed by atoms with E-state index in [0.29, 0.717) is 24.8 Å². The minimum atomic E-state index is -0.366. The van der Waals surface area contributed by atoms with Crippen LogP contribution in [0.25, 0.3) is 0 Å². The summed E-state index contributed by atoms with van der Waals surface area (Å²) in [6.45, 7) is 4.01. The fourth-order valence-electron chi connectivity index (χ4n) is 4.42. The van der Waals surface area contributed by atoms with Gasteiger partial charge in [0.1, 0.15) is 11.2 Å². The Bertz CT molecular complexity index is 806. The number of hydrogen-bond acceptors (Lipinski definition) is 6. The fraction of sp³-hybridized carbons (Fsp3) is 0.722.